The molecule has 0 rings (SSSR count). The van der Waals surface area contributed by atoms with Gasteiger partial charge < -0.3 is 40.2 Å². The van der Waals surface area contributed by atoms with Crippen LogP contribution in [0.1, 0.15) is 25.7 Å². The molecule has 8 nitrogen and oxygen atoms in total. The molecule has 4 unspecified atom stereocenters. The number of hydrogen-bond acceptors (Lipinski definition) is 8. The Labute approximate surface area is 164 Å². The van der Waals surface area contributed by atoms with E-state index in [2.05, 4.69) is 13.2 Å². The van der Waals surface area contributed by atoms with Gasteiger partial charge in [-0.15, -0.1) is 13.2 Å². The van der Waals surface area contributed by atoms with Crippen molar-refractivity contribution in [2.75, 3.05) is 0 Å². The Morgan fingerprint density at radius 1 is 0.826 bits per heavy atom. The summed E-state index contributed by atoms with van der Waals surface area (Å²) in [5.74, 6) is -2.65. The Morgan fingerprint density at radius 2 is 1.09 bits per heavy atom. The van der Waals surface area contributed by atoms with Gasteiger partial charge in [0, 0.05) is 37.6 Å². The molecule has 0 aliphatic heterocycles. The molecule has 0 saturated carbocycles. The van der Waals surface area contributed by atoms with Crippen molar-refractivity contribution in [2.45, 2.75) is 50.1 Å². The molecule has 128 valence electrons. The Morgan fingerprint density at radius 3 is 1.26 bits per heavy atom. The molecule has 0 aliphatic rings. The van der Waals surface area contributed by atoms with Crippen molar-refractivity contribution in [2.24, 2.45) is 0 Å². The Hall–Kier alpha value is -0.480. The number of aliphatic hydroxyl groups is 4. The van der Waals surface area contributed by atoms with Gasteiger partial charge in [-0.1, -0.05) is 12.2 Å². The molecule has 0 aromatic carbocycles. The van der Waals surface area contributed by atoms with Gasteiger partial charge in [-0.2, -0.15) is 0 Å². The van der Waals surface area contributed by atoms with Gasteiger partial charge in [-0.25, -0.2) is 0 Å². The Kier molecular flexibility index (Phi) is 19.5. The van der Waals surface area contributed by atoms with Crippen LogP contribution in [0.5, 0.6) is 0 Å². The van der Waals surface area contributed by atoms with Crippen molar-refractivity contribution in [1.29, 1.82) is 0 Å². The molecule has 23 heavy (non-hydrogen) atoms. The van der Waals surface area contributed by atoms with E-state index >= 15 is 0 Å². The molecule has 0 bridgehead atoms. The molecule has 0 heterocycles. The Balaban J connectivity index is -0.000000333. The topological polar surface area (TPSA) is 161 Å². The summed E-state index contributed by atoms with van der Waals surface area (Å²) < 4.78 is 0. The molecule has 0 aromatic heterocycles. The zero-order valence-corrected chi connectivity index (χ0v) is 15.0. The molecule has 0 spiro atoms. The van der Waals surface area contributed by atoms with Crippen molar-refractivity contribution < 1.29 is 40.2 Å². The molecule has 0 saturated heterocycles. The minimum Gasteiger partial charge on any atom is -0.550 e. The predicted octanol–water partition coefficient (Wildman–Crippen LogP) is -3.53. The van der Waals surface area contributed by atoms with Crippen molar-refractivity contribution >= 4 is 49.7 Å². The van der Waals surface area contributed by atoms with Crippen LogP contribution in [-0.2, 0) is 9.59 Å². The first-order valence-corrected chi connectivity index (χ1v) is 6.49. The van der Waals surface area contributed by atoms with Crippen LogP contribution in [0.4, 0.5) is 0 Å². The van der Waals surface area contributed by atoms with Crippen LogP contribution < -0.4 is 10.2 Å². The average molecular weight is 358 g/mol. The summed E-state index contributed by atoms with van der Waals surface area (Å²) in [5.41, 5.74) is 0. The number of rotatable bonds is 10. The molecule has 4 N–H and O–H groups in total. The van der Waals surface area contributed by atoms with Gasteiger partial charge in [0.15, 0.2) is 0 Å². The fraction of sp³-hybridized carbons (Fsp3) is 0.571. The number of carbonyl (C=O) groups is 2. The molecule has 0 amide bonds. The number of aliphatic hydroxyl groups excluding tert-OH is 4. The van der Waals surface area contributed by atoms with Gasteiger partial charge in [0.05, 0.1) is 24.4 Å². The van der Waals surface area contributed by atoms with Gasteiger partial charge in [-0.05, 0) is 0 Å². The van der Waals surface area contributed by atoms with Crippen LogP contribution in [0.2, 0.25) is 0 Å². The van der Waals surface area contributed by atoms with E-state index in [-0.39, 0.29) is 50.6 Å². The van der Waals surface area contributed by atoms with Gasteiger partial charge in [0.1, 0.15) is 0 Å². The Bertz CT molecular complexity index is 327. The van der Waals surface area contributed by atoms with E-state index in [4.69, 9.17) is 20.4 Å². The first-order chi connectivity index (χ1) is 10.1. The van der Waals surface area contributed by atoms with Crippen molar-refractivity contribution in [3.8, 4) is 0 Å². The first-order valence-electron chi connectivity index (χ1n) is 6.49. The maximum Gasteiger partial charge on any atom is 2.00 e. The second kappa shape index (κ2) is 16.4. The zero-order chi connectivity index (χ0) is 17.7. The minimum absolute atomic E-state index is 0. The van der Waals surface area contributed by atoms with Crippen LogP contribution in [0, 0.1) is 0 Å². The van der Waals surface area contributed by atoms with Crippen LogP contribution in [0.25, 0.3) is 0 Å². The molecule has 4 atom stereocenters. The smallest absolute Gasteiger partial charge is 0.550 e. The second-order valence-electron chi connectivity index (χ2n) is 4.54. The summed E-state index contributed by atoms with van der Waals surface area (Å²) in [6.07, 6.45) is -2.31. The number of hydrogen-bond donors (Lipinski definition) is 4. The van der Waals surface area contributed by atoms with Crippen molar-refractivity contribution in [3.05, 3.63) is 25.3 Å². The van der Waals surface area contributed by atoms with E-state index in [1.54, 1.807) is 0 Å². The molecule has 0 fully saturated rings. The molecule has 0 radical (unpaired) electrons. The van der Waals surface area contributed by atoms with Crippen LogP contribution in [0.3, 0.4) is 0 Å². The summed E-state index contributed by atoms with van der Waals surface area (Å²) in [5, 5.41) is 55.3. The summed E-state index contributed by atoms with van der Waals surface area (Å²) in [6, 6.07) is 0. The summed E-state index contributed by atoms with van der Waals surface area (Å²) in [7, 11) is 0. The van der Waals surface area contributed by atoms with E-state index in [0.29, 0.717) is 0 Å². The maximum absolute atomic E-state index is 9.90. The van der Waals surface area contributed by atoms with Gasteiger partial charge >= 0.3 is 37.7 Å². The fourth-order valence-electron chi connectivity index (χ4n) is 1.30. The number of aliphatic carboxylic acids is 2. The van der Waals surface area contributed by atoms with Crippen molar-refractivity contribution in [3.63, 3.8) is 0 Å². The first kappa shape index (κ1) is 27.4. The number of carbonyl (C=O) groups excluding carboxylic acids is 2. The van der Waals surface area contributed by atoms with E-state index < -0.39 is 49.2 Å². The van der Waals surface area contributed by atoms with Crippen LogP contribution in [-0.4, -0.2) is 94.5 Å². The molecule has 0 aliphatic carbocycles. The largest absolute Gasteiger partial charge is 2.00 e. The normalized spacial score (nSPS) is 14.8. The number of carboxylic acids is 2. The maximum atomic E-state index is 9.90. The predicted molar refractivity (Wildman–Crippen MR) is 78.7 cm³/mol. The monoisotopic (exact) mass is 358 g/mol. The van der Waals surface area contributed by atoms with E-state index in [1.165, 1.54) is 12.2 Å². The minimum atomic E-state index is -1.33. The van der Waals surface area contributed by atoms with Crippen LogP contribution >= 0.6 is 0 Å². The van der Waals surface area contributed by atoms with Gasteiger partial charge in [0.2, 0.25) is 0 Å². The number of carboxylic acid groups (broad SMARTS) is 2. The van der Waals surface area contributed by atoms with Crippen LogP contribution in [0.15, 0.2) is 25.3 Å². The zero-order valence-electron chi connectivity index (χ0n) is 12.8. The standard InChI is InChI=1S/2C7H12O4.Ca/c2*1-2-5(8)3-6(9)4-7(10)11;/h2*2,5-6,8-9H,1,3-4H2,(H,10,11);/q;;+2/p-2. The van der Waals surface area contributed by atoms with E-state index in [1.807, 2.05) is 0 Å². The van der Waals surface area contributed by atoms with Crippen molar-refractivity contribution in [1.82, 2.24) is 0 Å². The van der Waals surface area contributed by atoms with E-state index in [9.17, 15) is 19.8 Å². The summed E-state index contributed by atoms with van der Waals surface area (Å²) in [6.45, 7) is 6.54. The third-order valence-electron chi connectivity index (χ3n) is 2.38. The third-order valence-corrected chi connectivity index (χ3v) is 2.38. The molecular weight excluding hydrogens is 336 g/mol. The third kappa shape index (κ3) is 21.5. The molecule has 0 aromatic rings. The summed E-state index contributed by atoms with van der Waals surface area (Å²) >= 11 is 0. The average Bonchev–Trinajstić information content (AvgIpc) is 2.36. The van der Waals surface area contributed by atoms with E-state index in [0.717, 1.165) is 0 Å². The molecular formula is C14H22CaO8. The van der Waals surface area contributed by atoms with Gasteiger partial charge in [-0.3, -0.25) is 0 Å². The molecule has 9 heteroatoms. The SMILES string of the molecule is C=CC(O)CC(O)CC(=O)[O-].C=CC(O)CC(O)CC(=O)[O-].[Ca+2]. The van der Waals surface area contributed by atoms with Gasteiger partial charge in [0.25, 0.3) is 0 Å². The quantitative estimate of drug-likeness (QED) is 0.231. The summed E-state index contributed by atoms with van der Waals surface area (Å²) in [4.78, 5) is 19.8. The fourth-order valence-corrected chi connectivity index (χ4v) is 1.30. The second-order valence-corrected chi connectivity index (χ2v) is 4.54.